The predicted octanol–water partition coefficient (Wildman–Crippen LogP) is 4.26. The topological polar surface area (TPSA) is 135 Å². The summed E-state index contributed by atoms with van der Waals surface area (Å²) >= 11 is 0. The molecule has 0 radical (unpaired) electrons. The van der Waals surface area contributed by atoms with Crippen LogP contribution >= 0.6 is 0 Å². The van der Waals surface area contributed by atoms with Crippen molar-refractivity contribution in [2.24, 2.45) is 0 Å². The maximum Gasteiger partial charge on any atom is 0.379 e. The number of nitriles is 1. The zero-order valence-corrected chi connectivity index (χ0v) is 16.2. The molecule has 0 spiro atoms. The van der Waals surface area contributed by atoms with Gasteiger partial charge in [0.25, 0.3) is 11.6 Å². The zero-order valence-electron chi connectivity index (χ0n) is 16.2. The summed E-state index contributed by atoms with van der Waals surface area (Å²) in [6.45, 7) is 1.61. The van der Waals surface area contributed by atoms with Crippen LogP contribution in [0.15, 0.2) is 70.9 Å². The molecular weight excluding hydrogens is 402 g/mol. The van der Waals surface area contributed by atoms with E-state index in [1.807, 2.05) is 6.07 Å². The van der Waals surface area contributed by atoms with Crippen LogP contribution in [-0.4, -0.2) is 16.8 Å². The second-order valence-electron chi connectivity index (χ2n) is 6.32. The third-order valence-corrected chi connectivity index (χ3v) is 4.16. The summed E-state index contributed by atoms with van der Waals surface area (Å²) in [7, 11) is 0. The maximum atomic E-state index is 12.4. The first-order chi connectivity index (χ1) is 14.9. The SMILES string of the molecule is Cc1cc([N+](=O)[O-])ccc1NC(=O)/C(C#N)=C/c1ccc(OC(=O)c2ccco2)cc1. The molecule has 1 heterocycles. The number of hydrogen-bond acceptors (Lipinski definition) is 7. The first-order valence-corrected chi connectivity index (χ1v) is 8.91. The normalized spacial score (nSPS) is 10.8. The van der Waals surface area contributed by atoms with Crippen molar-refractivity contribution in [3.63, 3.8) is 0 Å². The number of amides is 1. The Labute approximate surface area is 176 Å². The van der Waals surface area contributed by atoms with Gasteiger partial charge in [-0.2, -0.15) is 5.26 Å². The molecule has 0 fully saturated rings. The van der Waals surface area contributed by atoms with Crippen LogP contribution in [0.4, 0.5) is 11.4 Å². The number of carbonyl (C=O) groups is 2. The van der Waals surface area contributed by atoms with E-state index in [4.69, 9.17) is 9.15 Å². The lowest BCUT2D eigenvalue weighted by Gasteiger charge is -2.08. The number of nitro benzene ring substituents is 1. The van der Waals surface area contributed by atoms with Crippen LogP contribution in [0.25, 0.3) is 6.08 Å². The molecule has 0 atom stereocenters. The summed E-state index contributed by atoms with van der Waals surface area (Å²) in [6, 6.07) is 15.0. The Morgan fingerprint density at radius 3 is 2.52 bits per heavy atom. The minimum absolute atomic E-state index is 0.0638. The molecule has 1 amide bonds. The lowest BCUT2D eigenvalue weighted by atomic mass is 10.1. The smallest absolute Gasteiger partial charge is 0.379 e. The highest BCUT2D eigenvalue weighted by Crippen LogP contribution is 2.22. The molecule has 9 nitrogen and oxygen atoms in total. The second-order valence-corrected chi connectivity index (χ2v) is 6.32. The standard InChI is InChI=1S/C22H15N3O6/c1-14-11-17(25(28)29)6-9-19(14)24-21(26)16(13-23)12-15-4-7-18(8-5-15)31-22(27)20-3-2-10-30-20/h2-12H,1H3,(H,24,26)/b16-12+. The Bertz CT molecular complexity index is 1210. The lowest BCUT2D eigenvalue weighted by Crippen LogP contribution is -2.14. The molecule has 2 aromatic carbocycles. The summed E-state index contributed by atoms with van der Waals surface area (Å²) in [6.07, 6.45) is 2.73. The molecule has 0 saturated heterocycles. The average molecular weight is 417 g/mol. The van der Waals surface area contributed by atoms with Gasteiger partial charge in [0, 0.05) is 17.8 Å². The fourth-order valence-electron chi connectivity index (χ4n) is 2.59. The summed E-state index contributed by atoms with van der Waals surface area (Å²) in [5.74, 6) is -0.978. The van der Waals surface area contributed by atoms with E-state index < -0.39 is 16.8 Å². The van der Waals surface area contributed by atoms with Crippen LogP contribution in [-0.2, 0) is 4.79 Å². The number of rotatable bonds is 6. The Hall–Kier alpha value is -4.71. The summed E-state index contributed by atoms with van der Waals surface area (Å²) in [4.78, 5) is 34.6. The molecule has 0 aliphatic rings. The van der Waals surface area contributed by atoms with Gasteiger partial charge in [-0.05, 0) is 54.5 Å². The van der Waals surface area contributed by atoms with Crippen LogP contribution in [0.5, 0.6) is 5.75 Å². The van der Waals surface area contributed by atoms with Crippen molar-refractivity contribution in [1.82, 2.24) is 0 Å². The summed E-state index contributed by atoms with van der Waals surface area (Å²) in [5, 5.41) is 22.7. The number of anilines is 1. The van der Waals surface area contributed by atoms with Crippen molar-refractivity contribution in [3.8, 4) is 11.8 Å². The van der Waals surface area contributed by atoms with E-state index in [1.54, 1.807) is 25.1 Å². The number of non-ortho nitro benzene ring substituents is 1. The van der Waals surface area contributed by atoms with E-state index in [2.05, 4.69) is 5.32 Å². The molecular formula is C22H15N3O6. The van der Waals surface area contributed by atoms with Crippen molar-refractivity contribution >= 4 is 29.3 Å². The number of esters is 1. The number of furan rings is 1. The molecule has 9 heteroatoms. The van der Waals surface area contributed by atoms with Crippen LogP contribution in [0, 0.1) is 28.4 Å². The van der Waals surface area contributed by atoms with Crippen LogP contribution in [0.3, 0.4) is 0 Å². The molecule has 1 N–H and O–H groups in total. The molecule has 0 aliphatic heterocycles. The largest absolute Gasteiger partial charge is 0.457 e. The van der Waals surface area contributed by atoms with Gasteiger partial charge in [-0.25, -0.2) is 4.79 Å². The van der Waals surface area contributed by atoms with Crippen molar-refractivity contribution in [3.05, 3.63) is 93.4 Å². The Morgan fingerprint density at radius 1 is 1.19 bits per heavy atom. The predicted molar refractivity (Wildman–Crippen MR) is 110 cm³/mol. The minimum Gasteiger partial charge on any atom is -0.457 e. The molecule has 0 unspecified atom stereocenters. The molecule has 3 rings (SSSR count). The van der Waals surface area contributed by atoms with Gasteiger partial charge in [0.1, 0.15) is 17.4 Å². The number of hydrogen-bond donors (Lipinski definition) is 1. The van der Waals surface area contributed by atoms with E-state index in [1.165, 1.54) is 48.7 Å². The van der Waals surface area contributed by atoms with Crippen LogP contribution in [0.1, 0.15) is 21.7 Å². The summed E-state index contributed by atoms with van der Waals surface area (Å²) < 4.78 is 10.1. The van der Waals surface area contributed by atoms with Crippen molar-refractivity contribution in [2.45, 2.75) is 6.92 Å². The number of benzene rings is 2. The van der Waals surface area contributed by atoms with Gasteiger partial charge in [-0.1, -0.05) is 12.1 Å². The van der Waals surface area contributed by atoms with Crippen molar-refractivity contribution < 1.29 is 23.7 Å². The molecule has 31 heavy (non-hydrogen) atoms. The third kappa shape index (κ3) is 5.21. The van der Waals surface area contributed by atoms with Gasteiger partial charge >= 0.3 is 5.97 Å². The highest BCUT2D eigenvalue weighted by atomic mass is 16.6. The molecule has 0 aliphatic carbocycles. The van der Waals surface area contributed by atoms with Crippen molar-refractivity contribution in [1.29, 1.82) is 5.26 Å². The first-order valence-electron chi connectivity index (χ1n) is 8.91. The highest BCUT2D eigenvalue weighted by molar-refractivity contribution is 6.10. The van der Waals surface area contributed by atoms with Gasteiger partial charge in [0.15, 0.2) is 0 Å². The lowest BCUT2D eigenvalue weighted by molar-refractivity contribution is -0.384. The van der Waals surface area contributed by atoms with Crippen LogP contribution in [0.2, 0.25) is 0 Å². The number of aryl methyl sites for hydroxylation is 1. The van der Waals surface area contributed by atoms with E-state index >= 15 is 0 Å². The van der Waals surface area contributed by atoms with Gasteiger partial charge in [-0.3, -0.25) is 14.9 Å². The van der Waals surface area contributed by atoms with Crippen LogP contribution < -0.4 is 10.1 Å². The van der Waals surface area contributed by atoms with Gasteiger partial charge in [0.2, 0.25) is 5.76 Å². The second kappa shape index (κ2) is 9.19. The molecule has 0 bridgehead atoms. The Kier molecular flexibility index (Phi) is 6.23. The number of carbonyl (C=O) groups excluding carboxylic acids is 2. The molecule has 154 valence electrons. The molecule has 0 saturated carbocycles. The quantitative estimate of drug-likeness (QED) is 0.158. The maximum absolute atomic E-state index is 12.4. The average Bonchev–Trinajstić information content (AvgIpc) is 3.29. The van der Waals surface area contributed by atoms with Gasteiger partial charge in [0.05, 0.1) is 11.2 Å². The van der Waals surface area contributed by atoms with Gasteiger partial charge < -0.3 is 14.5 Å². The summed E-state index contributed by atoms with van der Waals surface area (Å²) in [5.41, 5.74) is 1.11. The van der Waals surface area contributed by atoms with Crippen molar-refractivity contribution in [2.75, 3.05) is 5.32 Å². The minimum atomic E-state index is -0.659. The number of nitrogens with one attached hydrogen (secondary N) is 1. The highest BCUT2D eigenvalue weighted by Gasteiger charge is 2.14. The van der Waals surface area contributed by atoms with E-state index in [0.29, 0.717) is 16.8 Å². The van der Waals surface area contributed by atoms with Gasteiger partial charge in [-0.15, -0.1) is 0 Å². The fourth-order valence-corrected chi connectivity index (χ4v) is 2.59. The molecule has 3 aromatic rings. The number of nitrogens with zero attached hydrogens (tertiary/aromatic N) is 2. The fraction of sp³-hybridized carbons (Fsp3) is 0.0455. The van der Waals surface area contributed by atoms with E-state index in [-0.39, 0.29) is 22.8 Å². The van der Waals surface area contributed by atoms with E-state index in [0.717, 1.165) is 0 Å². The zero-order chi connectivity index (χ0) is 22.4. The van der Waals surface area contributed by atoms with E-state index in [9.17, 15) is 25.0 Å². The number of ether oxygens (including phenoxy) is 1. The Balaban J connectivity index is 1.71. The number of nitro groups is 1. The monoisotopic (exact) mass is 417 g/mol. The molecule has 1 aromatic heterocycles. The first kappa shape index (κ1) is 21.0. The third-order valence-electron chi connectivity index (χ3n) is 4.16. The Morgan fingerprint density at radius 2 is 1.94 bits per heavy atom.